The number of hydrogen-bond donors (Lipinski definition) is 2. The molecule has 0 saturated carbocycles. The van der Waals surface area contributed by atoms with Gasteiger partial charge in [-0.3, -0.25) is 14.5 Å². The van der Waals surface area contributed by atoms with Gasteiger partial charge in [0.15, 0.2) is 0 Å². The molecule has 2 rings (SSSR count). The number of amides is 2. The van der Waals surface area contributed by atoms with E-state index in [0.717, 1.165) is 11.1 Å². The smallest absolute Gasteiger partial charge is 0.238 e. The lowest BCUT2D eigenvalue weighted by molar-refractivity contribution is -0.120. The van der Waals surface area contributed by atoms with Crippen molar-refractivity contribution in [1.82, 2.24) is 4.90 Å². The van der Waals surface area contributed by atoms with Crippen LogP contribution in [-0.4, -0.2) is 36.9 Å². The molecular formula is C20H25N3O3. The first-order valence-electron chi connectivity index (χ1n) is 8.47. The second-order valence-electron chi connectivity index (χ2n) is 6.16. The van der Waals surface area contributed by atoms with Gasteiger partial charge in [0.05, 0.1) is 19.3 Å². The molecule has 0 aliphatic rings. The van der Waals surface area contributed by atoms with E-state index in [1.807, 2.05) is 60.4 Å². The van der Waals surface area contributed by atoms with Gasteiger partial charge in [-0.15, -0.1) is 0 Å². The highest BCUT2D eigenvalue weighted by atomic mass is 16.5. The van der Waals surface area contributed by atoms with E-state index in [4.69, 9.17) is 10.5 Å². The number of hydrogen-bond acceptors (Lipinski definition) is 4. The number of anilines is 1. The van der Waals surface area contributed by atoms with Gasteiger partial charge in [0.1, 0.15) is 5.75 Å². The van der Waals surface area contributed by atoms with Crippen LogP contribution in [0.3, 0.4) is 0 Å². The summed E-state index contributed by atoms with van der Waals surface area (Å²) in [6, 6.07) is 15.4. The topological polar surface area (TPSA) is 84.7 Å². The number of primary amides is 1. The number of nitrogens with zero attached hydrogens (tertiary/aromatic N) is 1. The Morgan fingerprint density at radius 2 is 1.88 bits per heavy atom. The van der Waals surface area contributed by atoms with Crippen LogP contribution < -0.4 is 15.8 Å². The molecule has 0 fully saturated rings. The van der Waals surface area contributed by atoms with Gasteiger partial charge in [0.25, 0.3) is 0 Å². The third-order valence-electron chi connectivity index (χ3n) is 3.92. The summed E-state index contributed by atoms with van der Waals surface area (Å²) in [6.45, 7) is 3.08. The molecule has 6 heteroatoms. The molecule has 138 valence electrons. The molecule has 0 heterocycles. The fourth-order valence-electron chi connectivity index (χ4n) is 2.64. The van der Waals surface area contributed by atoms with E-state index in [1.54, 1.807) is 7.11 Å². The molecule has 2 amide bonds. The highest BCUT2D eigenvalue weighted by Crippen LogP contribution is 2.25. The summed E-state index contributed by atoms with van der Waals surface area (Å²) in [5.74, 6) is 0.0498. The summed E-state index contributed by atoms with van der Waals surface area (Å²) in [6.07, 6.45) is 0.202. The van der Waals surface area contributed by atoms with Crippen LogP contribution in [-0.2, 0) is 16.1 Å². The number of nitrogens with one attached hydrogen (secondary N) is 1. The van der Waals surface area contributed by atoms with Gasteiger partial charge in [0.2, 0.25) is 11.8 Å². The van der Waals surface area contributed by atoms with Crippen LogP contribution in [0.1, 0.15) is 17.5 Å². The number of nitrogens with two attached hydrogens (primary N) is 1. The number of methoxy groups -OCH3 is 1. The lowest BCUT2D eigenvalue weighted by Gasteiger charge is -2.21. The number of carbonyl (C=O) groups is 2. The molecule has 0 radical (unpaired) electrons. The summed E-state index contributed by atoms with van der Waals surface area (Å²) in [5.41, 5.74) is 7.98. The zero-order valence-corrected chi connectivity index (χ0v) is 15.2. The third kappa shape index (κ3) is 6.22. The summed E-state index contributed by atoms with van der Waals surface area (Å²) in [4.78, 5) is 25.5. The number of aryl methyl sites for hydroxylation is 1. The number of carbonyl (C=O) groups excluding carboxylic acids is 2. The third-order valence-corrected chi connectivity index (χ3v) is 3.92. The van der Waals surface area contributed by atoms with Crippen molar-refractivity contribution in [2.75, 3.05) is 25.5 Å². The van der Waals surface area contributed by atoms with E-state index in [0.29, 0.717) is 24.5 Å². The molecule has 2 aromatic carbocycles. The maximum atomic E-state index is 12.5. The van der Waals surface area contributed by atoms with Crippen LogP contribution in [0.15, 0.2) is 48.5 Å². The first-order valence-corrected chi connectivity index (χ1v) is 8.47. The zero-order valence-electron chi connectivity index (χ0n) is 15.2. The highest BCUT2D eigenvalue weighted by molar-refractivity contribution is 5.93. The average Bonchev–Trinajstić information content (AvgIpc) is 2.60. The van der Waals surface area contributed by atoms with Crippen molar-refractivity contribution in [3.8, 4) is 5.75 Å². The van der Waals surface area contributed by atoms with Gasteiger partial charge in [-0.05, 0) is 30.2 Å². The van der Waals surface area contributed by atoms with Crippen molar-refractivity contribution >= 4 is 17.5 Å². The fraction of sp³-hybridized carbons (Fsp3) is 0.300. The minimum absolute atomic E-state index is 0.152. The van der Waals surface area contributed by atoms with Crippen LogP contribution in [0.2, 0.25) is 0 Å². The SMILES string of the molecule is COc1ccc(C)cc1NC(=O)CN(CCC(N)=O)Cc1ccccc1. The minimum Gasteiger partial charge on any atom is -0.495 e. The number of rotatable bonds is 9. The predicted octanol–water partition coefficient (Wildman–Crippen LogP) is 2.32. The van der Waals surface area contributed by atoms with E-state index >= 15 is 0 Å². The molecule has 0 spiro atoms. The van der Waals surface area contributed by atoms with Crippen LogP contribution in [0.4, 0.5) is 5.69 Å². The van der Waals surface area contributed by atoms with Crippen LogP contribution in [0.25, 0.3) is 0 Å². The van der Waals surface area contributed by atoms with Crippen LogP contribution in [0, 0.1) is 6.92 Å². The van der Waals surface area contributed by atoms with Crippen molar-refractivity contribution in [2.45, 2.75) is 19.9 Å². The standard InChI is InChI=1S/C20H25N3O3/c1-15-8-9-18(26-2)17(12-15)22-20(25)14-23(11-10-19(21)24)13-16-6-4-3-5-7-16/h3-9,12H,10-11,13-14H2,1-2H3,(H2,21,24)(H,22,25). The normalized spacial score (nSPS) is 10.6. The second kappa shape index (κ2) is 9.58. The fourth-order valence-corrected chi connectivity index (χ4v) is 2.64. The molecule has 0 atom stereocenters. The van der Waals surface area contributed by atoms with Gasteiger partial charge in [-0.1, -0.05) is 36.4 Å². The van der Waals surface area contributed by atoms with Gasteiger partial charge in [0, 0.05) is 19.5 Å². The van der Waals surface area contributed by atoms with Crippen molar-refractivity contribution < 1.29 is 14.3 Å². The molecule has 3 N–H and O–H groups in total. The van der Waals surface area contributed by atoms with Gasteiger partial charge in [-0.2, -0.15) is 0 Å². The van der Waals surface area contributed by atoms with Crippen molar-refractivity contribution in [2.24, 2.45) is 5.73 Å². The lowest BCUT2D eigenvalue weighted by atomic mass is 10.2. The van der Waals surface area contributed by atoms with Gasteiger partial charge >= 0.3 is 0 Å². The van der Waals surface area contributed by atoms with Crippen LogP contribution in [0.5, 0.6) is 5.75 Å². The average molecular weight is 355 g/mol. The molecule has 0 aromatic heterocycles. The molecule has 0 aliphatic carbocycles. The van der Waals surface area contributed by atoms with E-state index in [2.05, 4.69) is 5.32 Å². The molecule has 2 aromatic rings. The summed E-state index contributed by atoms with van der Waals surface area (Å²) in [7, 11) is 1.56. The lowest BCUT2D eigenvalue weighted by Crippen LogP contribution is -2.35. The maximum Gasteiger partial charge on any atom is 0.238 e. The van der Waals surface area contributed by atoms with E-state index < -0.39 is 0 Å². The van der Waals surface area contributed by atoms with Gasteiger partial charge in [-0.25, -0.2) is 0 Å². The van der Waals surface area contributed by atoms with Gasteiger partial charge < -0.3 is 15.8 Å². The molecule has 26 heavy (non-hydrogen) atoms. The molecule has 0 saturated heterocycles. The Labute approximate surface area is 153 Å². The maximum absolute atomic E-state index is 12.5. The Bertz CT molecular complexity index is 747. The monoisotopic (exact) mass is 355 g/mol. The van der Waals surface area contributed by atoms with Crippen molar-refractivity contribution in [3.05, 3.63) is 59.7 Å². The minimum atomic E-state index is -0.385. The summed E-state index contributed by atoms with van der Waals surface area (Å²) >= 11 is 0. The number of benzene rings is 2. The zero-order chi connectivity index (χ0) is 18.9. The molecule has 0 bridgehead atoms. The van der Waals surface area contributed by atoms with E-state index in [-0.39, 0.29) is 24.8 Å². The molecule has 0 unspecified atom stereocenters. The first-order chi connectivity index (χ1) is 12.5. The quantitative estimate of drug-likeness (QED) is 0.723. The van der Waals surface area contributed by atoms with Crippen molar-refractivity contribution in [1.29, 1.82) is 0 Å². The summed E-state index contributed by atoms with van der Waals surface area (Å²) < 4.78 is 5.29. The van der Waals surface area contributed by atoms with E-state index in [9.17, 15) is 9.59 Å². The molecule has 0 aliphatic heterocycles. The first kappa shape index (κ1) is 19.5. The predicted molar refractivity (Wildman–Crippen MR) is 102 cm³/mol. The van der Waals surface area contributed by atoms with Crippen molar-refractivity contribution in [3.63, 3.8) is 0 Å². The Hall–Kier alpha value is -2.86. The Morgan fingerprint density at radius 1 is 1.15 bits per heavy atom. The van der Waals surface area contributed by atoms with Crippen LogP contribution >= 0.6 is 0 Å². The second-order valence-corrected chi connectivity index (χ2v) is 6.16. The molecular weight excluding hydrogens is 330 g/mol. The molecule has 6 nitrogen and oxygen atoms in total. The summed E-state index contributed by atoms with van der Waals surface area (Å²) in [5, 5.41) is 2.88. The Morgan fingerprint density at radius 3 is 2.54 bits per heavy atom. The Balaban J connectivity index is 2.05. The Kier molecular flexibility index (Phi) is 7.17. The van der Waals surface area contributed by atoms with E-state index in [1.165, 1.54) is 0 Å². The largest absolute Gasteiger partial charge is 0.495 e. The highest BCUT2D eigenvalue weighted by Gasteiger charge is 2.14. The number of ether oxygens (including phenoxy) is 1.